The maximum atomic E-state index is 13.1. The van der Waals surface area contributed by atoms with E-state index >= 15 is 0 Å². The number of alkyl halides is 3. The van der Waals surface area contributed by atoms with Gasteiger partial charge in [0.05, 0.1) is 30.0 Å². The monoisotopic (exact) mass is 513 g/mol. The van der Waals surface area contributed by atoms with Gasteiger partial charge in [0.25, 0.3) is 9.84 Å². The maximum Gasteiger partial charge on any atom is 0.501 e. The van der Waals surface area contributed by atoms with Crippen LogP contribution in [0.2, 0.25) is 5.02 Å². The van der Waals surface area contributed by atoms with Crippen molar-refractivity contribution in [3.63, 3.8) is 0 Å². The molecular formula is C21H19ClF3N5O3S. The summed E-state index contributed by atoms with van der Waals surface area (Å²) in [7, 11) is -5.59. The number of anilines is 5. The number of ether oxygens (including phenoxy) is 1. The lowest BCUT2D eigenvalue weighted by atomic mass is 10.2. The second-order valence-electron chi connectivity index (χ2n) is 7.23. The molecule has 0 atom stereocenters. The Hall–Kier alpha value is -3.09. The first-order chi connectivity index (χ1) is 16.1. The van der Waals surface area contributed by atoms with E-state index < -0.39 is 20.2 Å². The second kappa shape index (κ2) is 9.65. The normalized spacial score (nSPS) is 14.6. The highest BCUT2D eigenvalue weighted by Crippen LogP contribution is 2.36. The van der Waals surface area contributed by atoms with Crippen molar-refractivity contribution >= 4 is 50.3 Å². The number of para-hydroxylation sites is 1. The van der Waals surface area contributed by atoms with Gasteiger partial charge < -0.3 is 20.3 Å². The maximum absolute atomic E-state index is 13.1. The topological polar surface area (TPSA) is 96.5 Å². The summed E-state index contributed by atoms with van der Waals surface area (Å²) in [5.41, 5.74) is -4.07. The van der Waals surface area contributed by atoms with Crippen LogP contribution in [0.4, 0.5) is 42.0 Å². The van der Waals surface area contributed by atoms with E-state index in [2.05, 4.69) is 25.5 Å². The molecule has 0 aliphatic carbocycles. The largest absolute Gasteiger partial charge is 0.501 e. The fourth-order valence-electron chi connectivity index (χ4n) is 3.28. The van der Waals surface area contributed by atoms with Crippen molar-refractivity contribution in [1.82, 2.24) is 9.97 Å². The van der Waals surface area contributed by atoms with Crippen LogP contribution in [0, 0.1) is 0 Å². The van der Waals surface area contributed by atoms with Crippen LogP contribution < -0.4 is 15.5 Å². The molecule has 1 aliphatic rings. The molecule has 4 rings (SSSR count). The molecular weight excluding hydrogens is 495 g/mol. The molecule has 0 radical (unpaired) electrons. The summed E-state index contributed by atoms with van der Waals surface area (Å²) in [4.78, 5) is 9.53. The summed E-state index contributed by atoms with van der Waals surface area (Å²) in [6.45, 7) is 2.94. The van der Waals surface area contributed by atoms with Crippen LogP contribution in [0.3, 0.4) is 0 Å². The van der Waals surface area contributed by atoms with Gasteiger partial charge in [-0.1, -0.05) is 23.7 Å². The van der Waals surface area contributed by atoms with Crippen molar-refractivity contribution < 1.29 is 26.3 Å². The Kier molecular flexibility index (Phi) is 6.82. The molecule has 0 spiro atoms. The fourth-order valence-corrected chi connectivity index (χ4v) is 4.33. The van der Waals surface area contributed by atoms with Gasteiger partial charge in [-0.15, -0.1) is 0 Å². The smallest absolute Gasteiger partial charge is 0.378 e. The van der Waals surface area contributed by atoms with Crippen molar-refractivity contribution in [3.8, 4) is 0 Å². The molecule has 8 nitrogen and oxygen atoms in total. The number of hydrogen-bond donors (Lipinski definition) is 2. The van der Waals surface area contributed by atoms with E-state index in [1.54, 1.807) is 0 Å². The van der Waals surface area contributed by atoms with Crippen LogP contribution >= 0.6 is 11.6 Å². The first-order valence-corrected chi connectivity index (χ1v) is 11.9. The van der Waals surface area contributed by atoms with E-state index in [0.29, 0.717) is 18.9 Å². The Bertz CT molecular complexity index is 1270. The Balaban J connectivity index is 1.55. The lowest BCUT2D eigenvalue weighted by Crippen LogP contribution is -2.36. The van der Waals surface area contributed by atoms with Crippen LogP contribution in [-0.2, 0) is 14.6 Å². The third-order valence-corrected chi connectivity index (χ3v) is 6.80. The Morgan fingerprint density at radius 2 is 1.68 bits per heavy atom. The molecule has 1 aliphatic heterocycles. The average molecular weight is 514 g/mol. The Labute approximate surface area is 198 Å². The molecule has 34 heavy (non-hydrogen) atoms. The number of hydrogen-bond acceptors (Lipinski definition) is 8. The lowest BCUT2D eigenvalue weighted by Gasteiger charge is -2.28. The van der Waals surface area contributed by atoms with Gasteiger partial charge in [-0.05, 0) is 36.4 Å². The molecule has 2 heterocycles. The standard InChI is InChI=1S/C21H19ClF3N5O3S/c22-16-13-26-20(27-14-5-7-15(8-6-14)30-9-11-33-12-10-30)29-19(16)28-17-3-1-2-4-18(17)34(31,32)21(23,24)25/h1-8,13H,9-12H2,(H2,26,27,28,29). The number of nitrogens with zero attached hydrogens (tertiary/aromatic N) is 3. The van der Waals surface area contributed by atoms with E-state index in [1.807, 2.05) is 24.3 Å². The summed E-state index contributed by atoms with van der Waals surface area (Å²) in [6.07, 6.45) is 1.25. The summed E-state index contributed by atoms with van der Waals surface area (Å²) < 4.78 is 68.5. The van der Waals surface area contributed by atoms with E-state index in [9.17, 15) is 21.6 Å². The van der Waals surface area contributed by atoms with E-state index in [1.165, 1.54) is 24.4 Å². The minimum absolute atomic E-state index is 0.00701. The minimum atomic E-state index is -5.59. The van der Waals surface area contributed by atoms with Gasteiger partial charge in [-0.3, -0.25) is 0 Å². The summed E-state index contributed by atoms with van der Waals surface area (Å²) in [5.74, 6) is 0.0520. The molecule has 1 aromatic heterocycles. The summed E-state index contributed by atoms with van der Waals surface area (Å²) in [5, 5.41) is 5.56. The highest BCUT2D eigenvalue weighted by molar-refractivity contribution is 7.92. The van der Waals surface area contributed by atoms with E-state index in [4.69, 9.17) is 16.3 Å². The number of sulfone groups is 1. The minimum Gasteiger partial charge on any atom is -0.378 e. The first-order valence-electron chi connectivity index (χ1n) is 10.0. The molecule has 0 saturated carbocycles. The van der Waals surface area contributed by atoms with Gasteiger partial charge >= 0.3 is 5.51 Å². The predicted octanol–water partition coefficient (Wildman–Crippen LogP) is 4.75. The SMILES string of the molecule is O=S(=O)(c1ccccc1Nc1nc(Nc2ccc(N3CCOCC3)cc2)ncc1Cl)C(F)(F)F. The number of rotatable bonds is 6. The third-order valence-electron chi connectivity index (χ3n) is 4.98. The molecule has 0 bridgehead atoms. The lowest BCUT2D eigenvalue weighted by molar-refractivity contribution is -0.0435. The predicted molar refractivity (Wildman–Crippen MR) is 123 cm³/mol. The Morgan fingerprint density at radius 3 is 2.35 bits per heavy atom. The van der Waals surface area contributed by atoms with Crippen molar-refractivity contribution in [2.45, 2.75) is 10.4 Å². The molecule has 13 heteroatoms. The highest BCUT2D eigenvalue weighted by Gasteiger charge is 2.48. The van der Waals surface area contributed by atoms with Crippen LogP contribution in [0.1, 0.15) is 0 Å². The molecule has 0 amide bonds. The number of nitrogens with one attached hydrogen (secondary N) is 2. The van der Waals surface area contributed by atoms with Crippen molar-refractivity contribution in [1.29, 1.82) is 0 Å². The van der Waals surface area contributed by atoms with Gasteiger partial charge in [-0.2, -0.15) is 18.2 Å². The van der Waals surface area contributed by atoms with Crippen LogP contribution in [0.5, 0.6) is 0 Å². The fraction of sp³-hybridized carbons (Fsp3) is 0.238. The van der Waals surface area contributed by atoms with Crippen LogP contribution in [0.15, 0.2) is 59.6 Å². The molecule has 1 saturated heterocycles. The second-order valence-corrected chi connectivity index (χ2v) is 9.55. The molecule has 1 fully saturated rings. The van der Waals surface area contributed by atoms with Crippen LogP contribution in [0.25, 0.3) is 0 Å². The molecule has 2 aromatic carbocycles. The third kappa shape index (κ3) is 5.18. The zero-order valence-corrected chi connectivity index (χ0v) is 19.1. The van der Waals surface area contributed by atoms with Crippen molar-refractivity contribution in [3.05, 3.63) is 59.8 Å². The van der Waals surface area contributed by atoms with Crippen molar-refractivity contribution in [2.75, 3.05) is 41.8 Å². The Morgan fingerprint density at radius 1 is 1.00 bits per heavy atom. The number of morpholine rings is 1. The van der Waals surface area contributed by atoms with Gasteiger partial charge in [-0.25, -0.2) is 13.4 Å². The van der Waals surface area contributed by atoms with Crippen LogP contribution in [-0.4, -0.2) is 50.2 Å². The van der Waals surface area contributed by atoms with E-state index in [0.717, 1.165) is 24.8 Å². The number of halogens is 4. The average Bonchev–Trinajstić information content (AvgIpc) is 2.82. The number of aromatic nitrogens is 2. The number of benzene rings is 2. The van der Waals surface area contributed by atoms with Gasteiger partial charge in [0.1, 0.15) is 5.02 Å². The molecule has 2 N–H and O–H groups in total. The summed E-state index contributed by atoms with van der Waals surface area (Å²) >= 11 is 6.11. The van der Waals surface area contributed by atoms with Gasteiger partial charge in [0.2, 0.25) is 5.95 Å². The molecule has 180 valence electrons. The zero-order chi connectivity index (χ0) is 24.3. The quantitative estimate of drug-likeness (QED) is 0.487. The van der Waals surface area contributed by atoms with E-state index in [-0.39, 0.29) is 22.5 Å². The zero-order valence-electron chi connectivity index (χ0n) is 17.5. The molecule has 3 aromatic rings. The van der Waals surface area contributed by atoms with Gasteiger partial charge in [0.15, 0.2) is 5.82 Å². The first kappa shape index (κ1) is 24.0. The summed E-state index contributed by atoms with van der Waals surface area (Å²) in [6, 6.07) is 12.2. The van der Waals surface area contributed by atoms with Crippen molar-refractivity contribution in [2.24, 2.45) is 0 Å². The van der Waals surface area contributed by atoms with Gasteiger partial charge in [0, 0.05) is 24.5 Å². The highest BCUT2D eigenvalue weighted by atomic mass is 35.5. The molecule has 0 unspecified atom stereocenters.